The Morgan fingerprint density at radius 1 is 1.22 bits per heavy atom. The van der Waals surface area contributed by atoms with Gasteiger partial charge in [0, 0.05) is 12.3 Å². The molecule has 0 bridgehead atoms. The molecule has 6 atom stereocenters. The van der Waals surface area contributed by atoms with Crippen molar-refractivity contribution in [1.29, 1.82) is 0 Å². The summed E-state index contributed by atoms with van der Waals surface area (Å²) in [6.45, 7) is 4.91. The molecule has 0 aromatic heterocycles. The standard InChI is InChI=1S/C13H24O5/c1-3-10-4-9(14)5-12(17-10)18-11-7-16-6-8(2)13(11)15/h8-15H,3-7H2,1-2H3. The third-order valence-corrected chi connectivity index (χ3v) is 3.75. The van der Waals surface area contributed by atoms with E-state index in [2.05, 4.69) is 0 Å². The number of aliphatic hydroxyl groups is 2. The van der Waals surface area contributed by atoms with Crippen molar-refractivity contribution in [2.75, 3.05) is 13.2 Å². The summed E-state index contributed by atoms with van der Waals surface area (Å²) in [5.74, 6) is 0.0687. The van der Waals surface area contributed by atoms with Crippen LogP contribution in [0.25, 0.3) is 0 Å². The lowest BCUT2D eigenvalue weighted by molar-refractivity contribution is -0.265. The topological polar surface area (TPSA) is 68.2 Å². The molecule has 2 rings (SSSR count). The van der Waals surface area contributed by atoms with Gasteiger partial charge in [0.25, 0.3) is 0 Å². The third-order valence-electron chi connectivity index (χ3n) is 3.75. The van der Waals surface area contributed by atoms with E-state index < -0.39 is 12.4 Å². The van der Waals surface area contributed by atoms with Gasteiger partial charge in [0.05, 0.1) is 31.5 Å². The van der Waals surface area contributed by atoms with Crippen molar-refractivity contribution >= 4 is 0 Å². The minimum absolute atomic E-state index is 0.0397. The highest BCUT2D eigenvalue weighted by Crippen LogP contribution is 2.26. The van der Waals surface area contributed by atoms with Crippen molar-refractivity contribution in [3.8, 4) is 0 Å². The summed E-state index contributed by atoms with van der Waals surface area (Å²) in [6.07, 6.45) is 0.322. The Morgan fingerprint density at radius 3 is 2.72 bits per heavy atom. The summed E-state index contributed by atoms with van der Waals surface area (Å²) in [4.78, 5) is 0. The van der Waals surface area contributed by atoms with Crippen molar-refractivity contribution in [1.82, 2.24) is 0 Å². The maximum atomic E-state index is 10.0. The molecule has 5 heteroatoms. The Balaban J connectivity index is 1.87. The van der Waals surface area contributed by atoms with Gasteiger partial charge in [-0.05, 0) is 12.8 Å². The fraction of sp³-hybridized carbons (Fsp3) is 1.00. The molecule has 0 radical (unpaired) electrons. The SMILES string of the molecule is CCC1CC(O)CC(OC2COCC(C)C2O)O1. The normalized spacial score (nSPS) is 46.0. The number of hydrogen-bond acceptors (Lipinski definition) is 5. The van der Waals surface area contributed by atoms with Crippen molar-refractivity contribution in [3.63, 3.8) is 0 Å². The van der Waals surface area contributed by atoms with E-state index in [9.17, 15) is 10.2 Å². The van der Waals surface area contributed by atoms with E-state index in [1.807, 2.05) is 13.8 Å². The molecule has 0 saturated carbocycles. The van der Waals surface area contributed by atoms with Crippen LogP contribution in [0.5, 0.6) is 0 Å². The van der Waals surface area contributed by atoms with Gasteiger partial charge in [-0.3, -0.25) is 0 Å². The number of ether oxygens (including phenoxy) is 3. The molecule has 2 fully saturated rings. The van der Waals surface area contributed by atoms with Crippen molar-refractivity contribution in [3.05, 3.63) is 0 Å². The molecule has 0 amide bonds. The van der Waals surface area contributed by atoms with Crippen LogP contribution in [0.4, 0.5) is 0 Å². The van der Waals surface area contributed by atoms with Gasteiger partial charge >= 0.3 is 0 Å². The van der Waals surface area contributed by atoms with Gasteiger partial charge in [-0.1, -0.05) is 13.8 Å². The Labute approximate surface area is 108 Å². The molecule has 5 nitrogen and oxygen atoms in total. The Bertz CT molecular complexity index is 260. The van der Waals surface area contributed by atoms with Gasteiger partial charge in [-0.25, -0.2) is 0 Å². The van der Waals surface area contributed by atoms with Gasteiger partial charge in [0.1, 0.15) is 6.10 Å². The molecule has 2 heterocycles. The Kier molecular flexibility index (Phi) is 4.98. The summed E-state index contributed by atoms with van der Waals surface area (Å²) in [5.41, 5.74) is 0. The maximum absolute atomic E-state index is 10.0. The first kappa shape index (κ1) is 14.2. The molecule has 2 saturated heterocycles. The molecule has 2 aliphatic heterocycles. The van der Waals surface area contributed by atoms with Crippen molar-refractivity contribution in [2.24, 2.45) is 5.92 Å². The highest BCUT2D eigenvalue weighted by molar-refractivity contribution is 4.80. The van der Waals surface area contributed by atoms with Gasteiger partial charge in [0.15, 0.2) is 6.29 Å². The summed E-state index contributed by atoms with van der Waals surface area (Å²) < 4.78 is 16.9. The lowest BCUT2D eigenvalue weighted by atomic mass is 9.98. The minimum Gasteiger partial charge on any atom is -0.393 e. The van der Waals surface area contributed by atoms with Gasteiger partial charge in [-0.15, -0.1) is 0 Å². The second-order valence-corrected chi connectivity index (χ2v) is 5.40. The van der Waals surface area contributed by atoms with E-state index in [1.165, 1.54) is 0 Å². The lowest BCUT2D eigenvalue weighted by Gasteiger charge is -2.38. The van der Waals surface area contributed by atoms with Crippen LogP contribution in [0.15, 0.2) is 0 Å². The Hall–Kier alpha value is -0.200. The molecule has 0 aromatic carbocycles. The molecule has 2 N–H and O–H groups in total. The monoisotopic (exact) mass is 260 g/mol. The molecule has 18 heavy (non-hydrogen) atoms. The zero-order valence-corrected chi connectivity index (χ0v) is 11.1. The number of aliphatic hydroxyl groups excluding tert-OH is 2. The van der Waals surface area contributed by atoms with E-state index in [1.54, 1.807) is 0 Å². The predicted molar refractivity (Wildman–Crippen MR) is 65.1 cm³/mol. The zero-order chi connectivity index (χ0) is 13.1. The fourth-order valence-electron chi connectivity index (χ4n) is 2.55. The number of rotatable bonds is 3. The lowest BCUT2D eigenvalue weighted by Crippen LogP contribution is -2.48. The van der Waals surface area contributed by atoms with Crippen LogP contribution in [0.1, 0.15) is 33.1 Å². The molecule has 2 aliphatic rings. The van der Waals surface area contributed by atoms with Crippen LogP contribution in [-0.2, 0) is 14.2 Å². The van der Waals surface area contributed by atoms with Crippen molar-refractivity contribution in [2.45, 2.75) is 63.8 Å². The van der Waals surface area contributed by atoms with Crippen LogP contribution < -0.4 is 0 Å². The molecule has 106 valence electrons. The molecular formula is C13H24O5. The van der Waals surface area contributed by atoms with Crippen LogP contribution in [0.3, 0.4) is 0 Å². The summed E-state index contributed by atoms with van der Waals surface area (Å²) >= 11 is 0. The molecular weight excluding hydrogens is 236 g/mol. The average molecular weight is 260 g/mol. The summed E-state index contributed by atoms with van der Waals surface area (Å²) in [6, 6.07) is 0. The quantitative estimate of drug-likeness (QED) is 0.781. The van der Waals surface area contributed by atoms with Gasteiger partial charge in [0.2, 0.25) is 0 Å². The molecule has 0 spiro atoms. The smallest absolute Gasteiger partial charge is 0.161 e. The van der Waals surface area contributed by atoms with Gasteiger partial charge < -0.3 is 24.4 Å². The van der Waals surface area contributed by atoms with E-state index in [0.29, 0.717) is 26.1 Å². The number of hydrogen-bond donors (Lipinski definition) is 2. The first-order valence-electron chi connectivity index (χ1n) is 6.85. The van der Waals surface area contributed by atoms with E-state index >= 15 is 0 Å². The first-order chi connectivity index (χ1) is 8.60. The van der Waals surface area contributed by atoms with Crippen LogP contribution in [0.2, 0.25) is 0 Å². The average Bonchev–Trinajstić information content (AvgIpc) is 2.34. The fourth-order valence-corrected chi connectivity index (χ4v) is 2.55. The molecule has 6 unspecified atom stereocenters. The van der Waals surface area contributed by atoms with Crippen LogP contribution in [-0.4, -0.2) is 54.1 Å². The highest BCUT2D eigenvalue weighted by atomic mass is 16.7. The van der Waals surface area contributed by atoms with Crippen molar-refractivity contribution < 1.29 is 24.4 Å². The first-order valence-corrected chi connectivity index (χ1v) is 6.85. The molecule has 0 aromatic rings. The Morgan fingerprint density at radius 2 is 2.00 bits per heavy atom. The van der Waals surface area contributed by atoms with E-state index in [4.69, 9.17) is 14.2 Å². The summed E-state index contributed by atoms with van der Waals surface area (Å²) in [5, 5.41) is 19.8. The summed E-state index contributed by atoms with van der Waals surface area (Å²) in [7, 11) is 0. The minimum atomic E-state index is -0.526. The largest absolute Gasteiger partial charge is 0.393 e. The second kappa shape index (κ2) is 6.30. The highest BCUT2D eigenvalue weighted by Gasteiger charge is 2.35. The van der Waals surface area contributed by atoms with Gasteiger partial charge in [-0.2, -0.15) is 0 Å². The zero-order valence-electron chi connectivity index (χ0n) is 11.1. The second-order valence-electron chi connectivity index (χ2n) is 5.40. The predicted octanol–water partition coefficient (Wildman–Crippen LogP) is 0.675. The third kappa shape index (κ3) is 3.42. The van der Waals surface area contributed by atoms with Crippen LogP contribution >= 0.6 is 0 Å². The van der Waals surface area contributed by atoms with E-state index in [-0.39, 0.29) is 24.2 Å². The van der Waals surface area contributed by atoms with E-state index in [0.717, 1.165) is 6.42 Å². The van der Waals surface area contributed by atoms with Crippen LogP contribution in [0, 0.1) is 5.92 Å². The maximum Gasteiger partial charge on any atom is 0.161 e. The molecule has 0 aliphatic carbocycles.